The topological polar surface area (TPSA) is 83.9 Å². The summed E-state index contributed by atoms with van der Waals surface area (Å²) in [4.78, 5) is 17.1. The van der Waals surface area contributed by atoms with Gasteiger partial charge in [0.15, 0.2) is 4.77 Å². The molecule has 0 amide bonds. The number of aromatic nitrogens is 2. The molecule has 5 nitrogen and oxygen atoms in total. The van der Waals surface area contributed by atoms with Crippen LogP contribution >= 0.6 is 12.2 Å². The van der Waals surface area contributed by atoms with Crippen molar-refractivity contribution in [1.82, 2.24) is 9.97 Å². The zero-order chi connectivity index (χ0) is 12.4. The first-order chi connectivity index (χ1) is 8.13. The summed E-state index contributed by atoms with van der Waals surface area (Å²) in [6.07, 6.45) is 0. The molecule has 0 fully saturated rings. The summed E-state index contributed by atoms with van der Waals surface area (Å²) >= 11 is 4.84. The first-order valence-corrected chi connectivity index (χ1v) is 5.29. The van der Waals surface area contributed by atoms with E-state index in [0.717, 1.165) is 0 Å². The van der Waals surface area contributed by atoms with Crippen LogP contribution in [0.4, 0.5) is 5.82 Å². The molecule has 0 aliphatic rings. The van der Waals surface area contributed by atoms with E-state index in [9.17, 15) is 4.79 Å². The van der Waals surface area contributed by atoms with E-state index in [0.29, 0.717) is 16.9 Å². The summed E-state index contributed by atoms with van der Waals surface area (Å²) in [5, 5.41) is 0. The van der Waals surface area contributed by atoms with Crippen molar-refractivity contribution in [2.75, 3.05) is 12.8 Å². The number of ether oxygens (including phenoxy) is 1. The predicted molar refractivity (Wildman–Crippen MR) is 68.6 cm³/mol. The lowest BCUT2D eigenvalue weighted by molar-refractivity contribution is 0.416. The summed E-state index contributed by atoms with van der Waals surface area (Å²) in [5.41, 5.74) is 6.40. The van der Waals surface area contributed by atoms with Gasteiger partial charge in [0.2, 0.25) is 0 Å². The molecule has 6 heteroatoms. The Balaban J connectivity index is 2.77. The second-order valence-electron chi connectivity index (χ2n) is 3.40. The van der Waals surface area contributed by atoms with Gasteiger partial charge in [-0.3, -0.25) is 9.78 Å². The molecule has 1 heterocycles. The molecule has 88 valence electrons. The van der Waals surface area contributed by atoms with Gasteiger partial charge in [-0.25, -0.2) is 0 Å². The van der Waals surface area contributed by atoms with E-state index in [1.54, 1.807) is 18.2 Å². The van der Waals surface area contributed by atoms with Gasteiger partial charge >= 0.3 is 0 Å². The minimum Gasteiger partial charge on any atom is -0.496 e. The van der Waals surface area contributed by atoms with Crippen LogP contribution in [0.15, 0.2) is 29.1 Å². The highest BCUT2D eigenvalue weighted by Gasteiger charge is 2.12. The highest BCUT2D eigenvalue weighted by Crippen LogP contribution is 2.29. The number of anilines is 1. The van der Waals surface area contributed by atoms with Crippen molar-refractivity contribution in [3.05, 3.63) is 39.4 Å². The van der Waals surface area contributed by atoms with Gasteiger partial charge in [0, 0.05) is 5.56 Å². The lowest BCUT2D eigenvalue weighted by Crippen LogP contribution is -2.14. The van der Waals surface area contributed by atoms with Crippen LogP contribution in [0.2, 0.25) is 0 Å². The van der Waals surface area contributed by atoms with Gasteiger partial charge in [-0.05, 0) is 18.3 Å². The van der Waals surface area contributed by atoms with E-state index >= 15 is 0 Å². The minimum absolute atomic E-state index is 0.200. The predicted octanol–water partition coefficient (Wildman–Crippen LogP) is 1.69. The van der Waals surface area contributed by atoms with Crippen molar-refractivity contribution < 1.29 is 4.74 Å². The Bertz CT molecular complexity index is 660. The maximum Gasteiger partial charge on any atom is 0.261 e. The van der Waals surface area contributed by atoms with Crippen LogP contribution in [0.5, 0.6) is 5.75 Å². The average molecular weight is 249 g/mol. The van der Waals surface area contributed by atoms with Gasteiger partial charge < -0.3 is 15.5 Å². The summed E-state index contributed by atoms with van der Waals surface area (Å²) in [6, 6.07) is 7.14. The van der Waals surface area contributed by atoms with Gasteiger partial charge in [0.25, 0.3) is 5.56 Å². The fourth-order valence-corrected chi connectivity index (χ4v) is 1.83. The fourth-order valence-electron chi connectivity index (χ4n) is 1.62. The van der Waals surface area contributed by atoms with Crippen molar-refractivity contribution in [2.45, 2.75) is 0 Å². The third kappa shape index (κ3) is 2.07. The van der Waals surface area contributed by atoms with Crippen molar-refractivity contribution in [3.8, 4) is 16.9 Å². The Morgan fingerprint density at radius 2 is 2.00 bits per heavy atom. The van der Waals surface area contributed by atoms with Crippen LogP contribution in [0.1, 0.15) is 0 Å². The first kappa shape index (κ1) is 11.4. The molecule has 17 heavy (non-hydrogen) atoms. The van der Waals surface area contributed by atoms with Crippen LogP contribution < -0.4 is 16.0 Å². The number of benzene rings is 1. The number of nitrogens with one attached hydrogen (secondary N) is 2. The Labute approximate surface area is 102 Å². The standard InChI is InChI=1S/C11H11N3O2S/c1-16-7-5-3-2-4-6(7)8-9(12)13-11(17)14-10(8)15/h2-5H,1H3,(H4,12,13,14,15,17). The molecule has 2 aromatic rings. The minimum atomic E-state index is -0.337. The maximum absolute atomic E-state index is 11.9. The second kappa shape index (κ2) is 4.42. The number of hydrogen-bond acceptors (Lipinski definition) is 4. The molecular formula is C11H11N3O2S. The number of hydrogen-bond donors (Lipinski definition) is 3. The van der Waals surface area contributed by atoms with Crippen molar-refractivity contribution in [2.24, 2.45) is 0 Å². The van der Waals surface area contributed by atoms with Gasteiger partial charge in [-0.15, -0.1) is 0 Å². The molecule has 1 aromatic carbocycles. The average Bonchev–Trinajstić information content (AvgIpc) is 2.28. The largest absolute Gasteiger partial charge is 0.496 e. The fraction of sp³-hybridized carbons (Fsp3) is 0.0909. The number of methoxy groups -OCH3 is 1. The van der Waals surface area contributed by atoms with Crippen molar-refractivity contribution in [1.29, 1.82) is 0 Å². The van der Waals surface area contributed by atoms with E-state index in [2.05, 4.69) is 9.97 Å². The van der Waals surface area contributed by atoms with Crippen LogP contribution in [0, 0.1) is 4.77 Å². The normalized spacial score (nSPS) is 10.2. The van der Waals surface area contributed by atoms with Gasteiger partial charge in [0.05, 0.1) is 12.7 Å². The molecule has 0 saturated heterocycles. The summed E-state index contributed by atoms with van der Waals surface area (Å²) in [5.74, 6) is 0.804. The lowest BCUT2D eigenvalue weighted by atomic mass is 10.1. The third-order valence-electron chi connectivity index (χ3n) is 2.35. The lowest BCUT2D eigenvalue weighted by Gasteiger charge is -2.09. The van der Waals surface area contributed by atoms with Gasteiger partial charge in [0.1, 0.15) is 11.6 Å². The Kier molecular flexibility index (Phi) is 2.97. The summed E-state index contributed by atoms with van der Waals surface area (Å²) < 4.78 is 5.39. The molecule has 0 bridgehead atoms. The number of rotatable bonds is 2. The van der Waals surface area contributed by atoms with E-state index < -0.39 is 0 Å². The SMILES string of the molecule is COc1ccccc1-c1c(N)[nH]c(=S)[nH]c1=O. The maximum atomic E-state index is 11.9. The smallest absolute Gasteiger partial charge is 0.261 e. The number of H-pyrrole nitrogens is 2. The van der Waals surface area contributed by atoms with Crippen LogP contribution in [-0.2, 0) is 0 Å². The molecule has 4 N–H and O–H groups in total. The van der Waals surface area contributed by atoms with E-state index in [-0.39, 0.29) is 16.1 Å². The number of para-hydroxylation sites is 1. The highest BCUT2D eigenvalue weighted by atomic mass is 32.1. The molecule has 1 aromatic heterocycles. The Hall–Kier alpha value is -2.08. The monoisotopic (exact) mass is 249 g/mol. The van der Waals surface area contributed by atoms with E-state index in [1.807, 2.05) is 6.07 Å². The zero-order valence-corrected chi connectivity index (χ0v) is 9.93. The highest BCUT2D eigenvalue weighted by molar-refractivity contribution is 7.71. The van der Waals surface area contributed by atoms with Crippen molar-refractivity contribution in [3.63, 3.8) is 0 Å². The van der Waals surface area contributed by atoms with Gasteiger partial charge in [-0.1, -0.05) is 18.2 Å². The second-order valence-corrected chi connectivity index (χ2v) is 3.81. The van der Waals surface area contributed by atoms with Crippen LogP contribution in [0.3, 0.4) is 0 Å². The van der Waals surface area contributed by atoms with E-state index in [1.165, 1.54) is 7.11 Å². The number of aromatic amines is 2. The molecule has 0 saturated carbocycles. The quantitative estimate of drug-likeness (QED) is 0.707. The first-order valence-electron chi connectivity index (χ1n) is 4.89. The third-order valence-corrected chi connectivity index (χ3v) is 2.55. The van der Waals surface area contributed by atoms with Crippen molar-refractivity contribution >= 4 is 18.0 Å². The number of nitrogen functional groups attached to an aromatic ring is 1. The van der Waals surface area contributed by atoms with Crippen LogP contribution in [-0.4, -0.2) is 17.1 Å². The molecule has 0 aliphatic carbocycles. The Morgan fingerprint density at radius 1 is 1.29 bits per heavy atom. The molecule has 0 atom stereocenters. The number of nitrogens with two attached hydrogens (primary N) is 1. The molecule has 0 unspecified atom stereocenters. The molecule has 0 spiro atoms. The molecule has 0 radical (unpaired) electrons. The summed E-state index contributed by atoms with van der Waals surface area (Å²) in [6.45, 7) is 0. The molecular weight excluding hydrogens is 238 g/mol. The van der Waals surface area contributed by atoms with E-state index in [4.69, 9.17) is 22.7 Å². The molecule has 0 aliphatic heterocycles. The zero-order valence-electron chi connectivity index (χ0n) is 9.11. The Morgan fingerprint density at radius 3 is 2.65 bits per heavy atom. The summed E-state index contributed by atoms with van der Waals surface area (Å²) in [7, 11) is 1.54. The van der Waals surface area contributed by atoms with Gasteiger partial charge in [-0.2, -0.15) is 0 Å². The van der Waals surface area contributed by atoms with Crippen LogP contribution in [0.25, 0.3) is 11.1 Å². The molecule has 2 rings (SSSR count).